The largest absolute Gasteiger partial charge is 0.352 e. The highest BCUT2D eigenvalue weighted by Crippen LogP contribution is 2.05. The second kappa shape index (κ2) is 10.1. The van der Waals surface area contributed by atoms with E-state index in [0.29, 0.717) is 12.2 Å². The maximum Gasteiger partial charge on any atom is 0.289 e. The molecule has 0 saturated carbocycles. The molecule has 0 radical (unpaired) electrons. The molecule has 2 amide bonds. The van der Waals surface area contributed by atoms with Gasteiger partial charge in [-0.1, -0.05) is 30.3 Å². The number of hydrogen-bond donors (Lipinski definition) is 3. The minimum atomic E-state index is -0.870. The molecule has 2 unspecified atom stereocenters. The summed E-state index contributed by atoms with van der Waals surface area (Å²) in [6.45, 7) is 3.66. The van der Waals surface area contributed by atoms with E-state index in [-0.39, 0.29) is 11.9 Å². The summed E-state index contributed by atoms with van der Waals surface area (Å²) in [5, 5.41) is 5.28. The predicted octanol–water partition coefficient (Wildman–Crippen LogP) is 0.498. The predicted molar refractivity (Wildman–Crippen MR) is 96.7 cm³/mol. The lowest BCUT2D eigenvalue weighted by atomic mass is 10.0. The van der Waals surface area contributed by atoms with Gasteiger partial charge in [0, 0.05) is 18.2 Å². The minimum absolute atomic E-state index is 0.0675. The highest BCUT2D eigenvalue weighted by Gasteiger charge is 2.27. The molecule has 0 aliphatic rings. The van der Waals surface area contributed by atoms with Gasteiger partial charge in [-0.05, 0) is 25.7 Å². The molecule has 4 N–H and O–H groups in total. The Morgan fingerprint density at radius 3 is 2.29 bits per heavy atom. The fourth-order valence-electron chi connectivity index (χ4n) is 2.10. The van der Waals surface area contributed by atoms with Crippen LogP contribution in [0.5, 0.6) is 0 Å². The number of nitrogens with one attached hydrogen (secondary N) is 2. The van der Waals surface area contributed by atoms with Gasteiger partial charge >= 0.3 is 0 Å². The molecule has 1 aromatic rings. The topological polar surface area (TPSA) is 101 Å². The summed E-state index contributed by atoms with van der Waals surface area (Å²) >= 11 is 1.39. The molecule has 0 aromatic heterocycles. The Labute approximate surface area is 146 Å². The molecule has 0 aliphatic carbocycles. The Morgan fingerprint density at radius 1 is 1.12 bits per heavy atom. The number of rotatable bonds is 9. The first-order valence-electron chi connectivity index (χ1n) is 7.78. The van der Waals surface area contributed by atoms with Crippen molar-refractivity contribution in [2.24, 2.45) is 5.73 Å². The number of benzene rings is 1. The molecule has 24 heavy (non-hydrogen) atoms. The van der Waals surface area contributed by atoms with Gasteiger partial charge in [0.25, 0.3) is 5.91 Å². The molecule has 1 rings (SSSR count). The van der Waals surface area contributed by atoms with Gasteiger partial charge in [0.1, 0.15) is 6.04 Å². The highest BCUT2D eigenvalue weighted by atomic mass is 32.2. The lowest BCUT2D eigenvalue weighted by Gasteiger charge is -2.20. The van der Waals surface area contributed by atoms with Gasteiger partial charge in [-0.2, -0.15) is 11.8 Å². The Kier molecular flexibility index (Phi) is 8.49. The average Bonchev–Trinajstić information content (AvgIpc) is 2.54. The smallest absolute Gasteiger partial charge is 0.289 e. The van der Waals surface area contributed by atoms with Gasteiger partial charge in [-0.3, -0.25) is 14.4 Å². The van der Waals surface area contributed by atoms with Crippen LogP contribution in [0, 0.1) is 0 Å². The average molecular weight is 351 g/mol. The number of ketones is 1. The van der Waals surface area contributed by atoms with Crippen molar-refractivity contribution >= 4 is 29.4 Å². The first kappa shape index (κ1) is 20.2. The van der Waals surface area contributed by atoms with E-state index in [1.54, 1.807) is 6.26 Å². The van der Waals surface area contributed by atoms with Crippen LogP contribution in [0.25, 0.3) is 0 Å². The molecule has 2 atom stereocenters. The molecular weight excluding hydrogens is 326 g/mol. The number of Topliss-reactive ketones (excluding diaryl/α,β-unsaturated/α-hetero) is 1. The summed E-state index contributed by atoms with van der Waals surface area (Å²) in [5.74, 6) is -1.50. The monoisotopic (exact) mass is 351 g/mol. The zero-order chi connectivity index (χ0) is 18.1. The van der Waals surface area contributed by atoms with Crippen molar-refractivity contribution in [3.8, 4) is 0 Å². The van der Waals surface area contributed by atoms with E-state index in [4.69, 9.17) is 5.73 Å². The third kappa shape index (κ3) is 6.72. The van der Waals surface area contributed by atoms with Crippen LogP contribution < -0.4 is 16.4 Å². The third-order valence-electron chi connectivity index (χ3n) is 3.24. The molecule has 0 heterocycles. The Bertz CT molecular complexity index is 563. The van der Waals surface area contributed by atoms with Crippen molar-refractivity contribution in [1.82, 2.24) is 10.6 Å². The number of carbonyl (C=O) groups is 3. The van der Waals surface area contributed by atoms with Gasteiger partial charge < -0.3 is 16.4 Å². The second-order valence-electron chi connectivity index (χ2n) is 5.81. The van der Waals surface area contributed by atoms with Gasteiger partial charge in [0.15, 0.2) is 0 Å². The molecule has 1 aromatic carbocycles. The first-order chi connectivity index (χ1) is 11.3. The third-order valence-corrected chi connectivity index (χ3v) is 3.93. The van der Waals surface area contributed by atoms with Crippen LogP contribution in [0.2, 0.25) is 0 Å². The first-order valence-corrected chi connectivity index (χ1v) is 9.18. The van der Waals surface area contributed by atoms with Crippen LogP contribution >= 0.6 is 11.8 Å². The molecule has 6 nitrogen and oxygen atoms in total. The molecule has 0 spiro atoms. The number of nitrogens with two attached hydrogens (primary N) is 1. The number of carbonyl (C=O) groups excluding carboxylic acids is 3. The maximum absolute atomic E-state index is 12.3. The maximum atomic E-state index is 12.3. The van der Waals surface area contributed by atoms with E-state index in [9.17, 15) is 14.4 Å². The van der Waals surface area contributed by atoms with Crippen LogP contribution in [0.4, 0.5) is 0 Å². The van der Waals surface area contributed by atoms with Crippen molar-refractivity contribution in [2.45, 2.75) is 38.4 Å². The fourth-order valence-corrected chi connectivity index (χ4v) is 2.61. The van der Waals surface area contributed by atoms with Gasteiger partial charge in [-0.25, -0.2) is 0 Å². The second-order valence-corrected chi connectivity index (χ2v) is 6.72. The summed E-state index contributed by atoms with van der Waals surface area (Å²) in [6, 6.07) is 7.55. The van der Waals surface area contributed by atoms with Gasteiger partial charge in [0.2, 0.25) is 11.7 Å². The molecule has 0 saturated heterocycles. The van der Waals surface area contributed by atoms with Crippen molar-refractivity contribution < 1.29 is 14.4 Å². The van der Waals surface area contributed by atoms with E-state index in [0.717, 1.165) is 5.56 Å². The number of hydrogen-bond acceptors (Lipinski definition) is 5. The van der Waals surface area contributed by atoms with E-state index in [1.807, 2.05) is 44.2 Å². The summed E-state index contributed by atoms with van der Waals surface area (Å²) < 4.78 is 0. The lowest BCUT2D eigenvalue weighted by Crippen LogP contribution is -2.53. The Hall–Kier alpha value is -1.86. The molecule has 0 aliphatic heterocycles. The van der Waals surface area contributed by atoms with Gasteiger partial charge in [0.05, 0.1) is 6.04 Å². The molecule has 132 valence electrons. The normalized spacial score (nSPS) is 13.2. The number of thioether (sulfide) groups is 1. The van der Waals surface area contributed by atoms with Crippen molar-refractivity contribution in [2.75, 3.05) is 12.0 Å². The van der Waals surface area contributed by atoms with E-state index < -0.39 is 23.8 Å². The molecule has 0 fully saturated rings. The van der Waals surface area contributed by atoms with Crippen LogP contribution in [0.1, 0.15) is 19.4 Å². The van der Waals surface area contributed by atoms with E-state index in [2.05, 4.69) is 10.6 Å². The summed E-state index contributed by atoms with van der Waals surface area (Å²) in [4.78, 5) is 36.4. The zero-order valence-electron chi connectivity index (χ0n) is 14.2. The Morgan fingerprint density at radius 2 is 1.75 bits per heavy atom. The quantitative estimate of drug-likeness (QED) is 0.562. The SMILES string of the molecule is CSCC(N)C(=O)C(=O)NC(Cc1ccccc1)C(=O)NC(C)C. The van der Waals surface area contributed by atoms with Crippen molar-refractivity contribution in [1.29, 1.82) is 0 Å². The zero-order valence-corrected chi connectivity index (χ0v) is 15.1. The summed E-state index contributed by atoms with van der Waals surface area (Å²) in [7, 11) is 0. The summed E-state index contributed by atoms with van der Waals surface area (Å²) in [6.07, 6.45) is 2.11. The number of amides is 2. The van der Waals surface area contributed by atoms with E-state index >= 15 is 0 Å². The van der Waals surface area contributed by atoms with E-state index in [1.165, 1.54) is 11.8 Å². The van der Waals surface area contributed by atoms with Crippen LogP contribution in [-0.4, -0.2) is 47.7 Å². The highest BCUT2D eigenvalue weighted by molar-refractivity contribution is 7.98. The van der Waals surface area contributed by atoms with Crippen LogP contribution in [0.3, 0.4) is 0 Å². The van der Waals surface area contributed by atoms with Crippen molar-refractivity contribution in [3.05, 3.63) is 35.9 Å². The lowest BCUT2D eigenvalue weighted by molar-refractivity contribution is -0.140. The van der Waals surface area contributed by atoms with Crippen LogP contribution in [0.15, 0.2) is 30.3 Å². The Balaban J connectivity index is 2.82. The van der Waals surface area contributed by atoms with Crippen LogP contribution in [-0.2, 0) is 20.8 Å². The fraction of sp³-hybridized carbons (Fsp3) is 0.471. The standard InChI is InChI=1S/C17H25N3O3S/c1-11(2)19-16(22)14(9-12-7-5-4-6-8-12)20-17(23)15(21)13(18)10-24-3/h4-8,11,13-14H,9-10,18H2,1-3H3,(H,19,22)(H,20,23). The molecular formula is C17H25N3O3S. The summed E-state index contributed by atoms with van der Waals surface area (Å²) in [5.41, 5.74) is 6.57. The molecule has 0 bridgehead atoms. The van der Waals surface area contributed by atoms with Crippen molar-refractivity contribution in [3.63, 3.8) is 0 Å². The minimum Gasteiger partial charge on any atom is -0.352 e. The molecule has 7 heteroatoms. The van der Waals surface area contributed by atoms with Gasteiger partial charge in [-0.15, -0.1) is 0 Å².